The van der Waals surface area contributed by atoms with Crippen molar-refractivity contribution < 1.29 is 14.3 Å². The number of nitrogens with one attached hydrogen (secondary N) is 1. The summed E-state index contributed by atoms with van der Waals surface area (Å²) in [4.78, 5) is 16.0. The lowest BCUT2D eigenvalue weighted by molar-refractivity contribution is -0.119. The van der Waals surface area contributed by atoms with Gasteiger partial charge in [-0.3, -0.25) is 9.48 Å². The Hall–Kier alpha value is -3.50. The molecule has 1 amide bonds. The topological polar surface area (TPSA) is 96.1 Å². The van der Waals surface area contributed by atoms with Gasteiger partial charge in [0.2, 0.25) is 11.8 Å². The summed E-state index contributed by atoms with van der Waals surface area (Å²) in [6, 6.07) is 12.9. The van der Waals surface area contributed by atoms with Crippen LogP contribution in [0.4, 0.5) is 0 Å². The SMILES string of the molecule is C[SiH](C)CCOCn1nccc1-c1ccc(Oc2ccc3c(cnn3C[C@@H]3CCC(=O)N3)c2)nc1. The Kier molecular flexibility index (Phi) is 6.91. The van der Waals surface area contributed by atoms with E-state index in [0.717, 1.165) is 41.2 Å². The fourth-order valence-corrected chi connectivity index (χ4v) is 4.80. The molecule has 1 saturated heterocycles. The van der Waals surface area contributed by atoms with Crippen LogP contribution in [-0.4, -0.2) is 51.9 Å². The van der Waals surface area contributed by atoms with E-state index in [1.54, 1.807) is 12.4 Å². The first kappa shape index (κ1) is 23.2. The van der Waals surface area contributed by atoms with Gasteiger partial charge in [0.1, 0.15) is 12.5 Å². The predicted molar refractivity (Wildman–Crippen MR) is 136 cm³/mol. The first-order valence-electron chi connectivity index (χ1n) is 12.0. The van der Waals surface area contributed by atoms with Crippen LogP contribution in [0.3, 0.4) is 0 Å². The van der Waals surface area contributed by atoms with Gasteiger partial charge in [-0.25, -0.2) is 9.67 Å². The van der Waals surface area contributed by atoms with E-state index in [4.69, 9.17) is 9.47 Å². The van der Waals surface area contributed by atoms with Crippen molar-refractivity contribution in [1.29, 1.82) is 0 Å². The number of fused-ring (bicyclic) bond motifs is 1. The van der Waals surface area contributed by atoms with E-state index in [1.807, 2.05) is 52.0 Å². The van der Waals surface area contributed by atoms with Gasteiger partial charge in [0.05, 0.1) is 24.0 Å². The van der Waals surface area contributed by atoms with Crippen molar-refractivity contribution in [2.45, 2.75) is 51.3 Å². The second-order valence-corrected chi connectivity index (χ2v) is 12.6. The van der Waals surface area contributed by atoms with Crippen LogP contribution in [-0.2, 0) is 22.8 Å². The van der Waals surface area contributed by atoms with Crippen LogP contribution in [0, 0.1) is 0 Å². The minimum Gasteiger partial charge on any atom is -0.439 e. The minimum atomic E-state index is -0.607. The summed E-state index contributed by atoms with van der Waals surface area (Å²) in [5, 5.41) is 12.8. The summed E-state index contributed by atoms with van der Waals surface area (Å²) >= 11 is 0. The predicted octanol–water partition coefficient (Wildman–Crippen LogP) is 3.83. The molecule has 1 fully saturated rings. The smallest absolute Gasteiger partial charge is 0.220 e. The summed E-state index contributed by atoms with van der Waals surface area (Å²) < 4.78 is 15.6. The van der Waals surface area contributed by atoms with E-state index in [1.165, 1.54) is 0 Å². The molecule has 1 aliphatic rings. The van der Waals surface area contributed by atoms with Crippen molar-refractivity contribution in [2.24, 2.45) is 0 Å². The average Bonchev–Trinajstić information content (AvgIpc) is 3.58. The first-order chi connectivity index (χ1) is 17.0. The number of nitrogens with zero attached hydrogens (tertiary/aromatic N) is 5. The molecule has 4 aromatic rings. The number of amides is 1. The Labute approximate surface area is 205 Å². The van der Waals surface area contributed by atoms with Crippen molar-refractivity contribution in [1.82, 2.24) is 29.9 Å². The minimum absolute atomic E-state index is 0.112. The number of carbonyl (C=O) groups is 1. The number of benzene rings is 1. The largest absolute Gasteiger partial charge is 0.439 e. The number of rotatable bonds is 10. The number of carbonyl (C=O) groups excluding carboxylic acids is 1. The van der Waals surface area contributed by atoms with Crippen molar-refractivity contribution in [3.05, 3.63) is 55.0 Å². The van der Waals surface area contributed by atoms with Crippen molar-refractivity contribution in [3.8, 4) is 22.9 Å². The highest BCUT2D eigenvalue weighted by atomic mass is 28.3. The molecule has 5 rings (SSSR count). The van der Waals surface area contributed by atoms with E-state index in [2.05, 4.69) is 33.6 Å². The highest BCUT2D eigenvalue weighted by Crippen LogP contribution is 2.27. The van der Waals surface area contributed by atoms with Gasteiger partial charge < -0.3 is 14.8 Å². The molecule has 3 aromatic heterocycles. The Morgan fingerprint density at radius 2 is 2.03 bits per heavy atom. The lowest BCUT2D eigenvalue weighted by atomic mass is 10.2. The zero-order valence-corrected chi connectivity index (χ0v) is 21.2. The van der Waals surface area contributed by atoms with Gasteiger partial charge in [0, 0.05) is 57.3 Å². The van der Waals surface area contributed by atoms with Gasteiger partial charge in [-0.05, 0) is 42.8 Å². The van der Waals surface area contributed by atoms with Gasteiger partial charge in [-0.1, -0.05) is 13.1 Å². The zero-order chi connectivity index (χ0) is 24.2. The monoisotopic (exact) mass is 490 g/mol. The molecule has 4 heterocycles. The normalized spacial score (nSPS) is 15.7. The van der Waals surface area contributed by atoms with Gasteiger partial charge in [0.15, 0.2) is 0 Å². The average molecular weight is 491 g/mol. The zero-order valence-electron chi connectivity index (χ0n) is 20.1. The highest BCUT2D eigenvalue weighted by Gasteiger charge is 2.21. The Morgan fingerprint density at radius 1 is 1.11 bits per heavy atom. The van der Waals surface area contributed by atoms with E-state index in [9.17, 15) is 4.79 Å². The molecule has 1 aliphatic heterocycles. The highest BCUT2D eigenvalue weighted by molar-refractivity contribution is 6.55. The Morgan fingerprint density at radius 3 is 2.80 bits per heavy atom. The molecule has 0 bridgehead atoms. The molecule has 0 radical (unpaired) electrons. The van der Waals surface area contributed by atoms with Crippen LogP contribution in [0.2, 0.25) is 19.1 Å². The standard InChI is InChI=1S/C25H30N6O3Si/c1-35(2)12-11-33-17-31-23(9-10-27-31)18-3-8-25(26-14-18)34-21-5-6-22-19(13-21)15-28-30(22)16-20-4-7-24(32)29-20/h3,5-6,8-10,13-15,20,35H,4,7,11-12,16-17H2,1-2H3,(H,29,32)/t20-/m0/s1. The fourth-order valence-electron chi connectivity index (χ4n) is 4.16. The number of hydrogen-bond acceptors (Lipinski definition) is 6. The van der Waals surface area contributed by atoms with Crippen LogP contribution in [0.5, 0.6) is 11.6 Å². The van der Waals surface area contributed by atoms with Crippen LogP contribution < -0.4 is 10.1 Å². The second kappa shape index (κ2) is 10.4. The number of pyridine rings is 1. The summed E-state index contributed by atoms with van der Waals surface area (Å²) in [5.41, 5.74) is 2.92. The molecular formula is C25H30N6O3Si. The fraction of sp³-hybridized carbons (Fsp3) is 0.360. The number of aromatic nitrogens is 5. The van der Waals surface area contributed by atoms with Crippen LogP contribution in [0.25, 0.3) is 22.2 Å². The molecule has 1 N–H and O–H groups in total. The molecule has 0 saturated carbocycles. The van der Waals surface area contributed by atoms with Crippen LogP contribution in [0.1, 0.15) is 12.8 Å². The van der Waals surface area contributed by atoms with Gasteiger partial charge >= 0.3 is 0 Å². The molecule has 9 nitrogen and oxygen atoms in total. The van der Waals surface area contributed by atoms with Gasteiger partial charge in [0.25, 0.3) is 0 Å². The second-order valence-electron chi connectivity index (χ2n) is 9.27. The molecule has 1 aromatic carbocycles. The summed E-state index contributed by atoms with van der Waals surface area (Å²) in [5.74, 6) is 1.32. The van der Waals surface area contributed by atoms with Gasteiger partial charge in [-0.2, -0.15) is 10.2 Å². The molecule has 35 heavy (non-hydrogen) atoms. The molecule has 0 aliphatic carbocycles. The molecular weight excluding hydrogens is 460 g/mol. The number of hydrogen-bond donors (Lipinski definition) is 1. The quantitative estimate of drug-likeness (QED) is 0.268. The Bertz CT molecular complexity index is 1300. The van der Waals surface area contributed by atoms with E-state index in [0.29, 0.717) is 31.3 Å². The maximum atomic E-state index is 11.5. The summed E-state index contributed by atoms with van der Waals surface area (Å²) in [6.45, 7) is 6.51. The van der Waals surface area contributed by atoms with Crippen molar-refractivity contribution >= 4 is 25.6 Å². The van der Waals surface area contributed by atoms with Crippen molar-refractivity contribution in [3.63, 3.8) is 0 Å². The van der Waals surface area contributed by atoms with Crippen LogP contribution >= 0.6 is 0 Å². The summed E-state index contributed by atoms with van der Waals surface area (Å²) in [7, 11) is -0.607. The molecule has 10 heteroatoms. The van der Waals surface area contributed by atoms with Gasteiger partial charge in [-0.15, -0.1) is 0 Å². The van der Waals surface area contributed by atoms with E-state index < -0.39 is 8.80 Å². The summed E-state index contributed by atoms with van der Waals surface area (Å²) in [6.07, 6.45) is 6.81. The van der Waals surface area contributed by atoms with Crippen LogP contribution in [0.15, 0.2) is 55.0 Å². The molecule has 182 valence electrons. The maximum Gasteiger partial charge on any atom is 0.220 e. The third-order valence-corrected chi connectivity index (χ3v) is 7.51. The molecule has 1 atom stereocenters. The van der Waals surface area contributed by atoms with E-state index >= 15 is 0 Å². The lowest BCUT2D eigenvalue weighted by Gasteiger charge is -2.11. The number of ether oxygens (including phenoxy) is 2. The first-order valence-corrected chi connectivity index (χ1v) is 15.2. The third kappa shape index (κ3) is 5.60. The Balaban J connectivity index is 1.22. The molecule has 0 unspecified atom stereocenters. The van der Waals surface area contributed by atoms with Crippen molar-refractivity contribution in [2.75, 3.05) is 6.61 Å². The molecule has 0 spiro atoms. The third-order valence-electron chi connectivity index (χ3n) is 6.12. The maximum absolute atomic E-state index is 11.5. The van der Waals surface area contributed by atoms with E-state index in [-0.39, 0.29) is 11.9 Å². The lowest BCUT2D eigenvalue weighted by Crippen LogP contribution is -2.29.